The average Bonchev–Trinajstić information content (AvgIpc) is 2.28. The van der Waals surface area contributed by atoms with Crippen LogP contribution >= 0.6 is 0 Å². The molecule has 1 heterocycles. The Morgan fingerprint density at radius 1 is 1.12 bits per heavy atom. The highest BCUT2D eigenvalue weighted by Crippen LogP contribution is 2.15. The van der Waals surface area contributed by atoms with Gasteiger partial charge in [-0.15, -0.1) is 0 Å². The fourth-order valence-electron chi connectivity index (χ4n) is 1.01. The van der Waals surface area contributed by atoms with Gasteiger partial charge in [0.1, 0.15) is 6.10 Å². The van der Waals surface area contributed by atoms with Crippen LogP contribution in [0.1, 0.15) is 20.8 Å². The summed E-state index contributed by atoms with van der Waals surface area (Å²) in [5, 5.41) is 2.90. The van der Waals surface area contributed by atoms with Gasteiger partial charge in [0.15, 0.2) is 0 Å². The van der Waals surface area contributed by atoms with Crippen molar-refractivity contribution in [2.24, 2.45) is 5.92 Å². The third-order valence-corrected chi connectivity index (χ3v) is 2.46. The van der Waals surface area contributed by atoms with Crippen LogP contribution in [0.5, 0.6) is 6.01 Å². The number of anilines is 2. The van der Waals surface area contributed by atoms with E-state index in [1.54, 1.807) is 7.05 Å². The Bertz CT molecular complexity index is 367. The van der Waals surface area contributed by atoms with Crippen LogP contribution in [-0.2, 0) is 0 Å². The van der Waals surface area contributed by atoms with Gasteiger partial charge in [-0.05, 0) is 12.8 Å². The Morgan fingerprint density at radius 2 is 1.76 bits per heavy atom. The van der Waals surface area contributed by atoms with Crippen molar-refractivity contribution < 1.29 is 4.74 Å². The van der Waals surface area contributed by atoms with Crippen LogP contribution in [0.4, 0.5) is 11.9 Å². The van der Waals surface area contributed by atoms with Gasteiger partial charge in [-0.1, -0.05) is 13.8 Å². The monoisotopic (exact) mass is 239 g/mol. The predicted octanol–water partition coefficient (Wildman–Crippen LogP) is 1.40. The average molecular weight is 239 g/mol. The molecule has 0 amide bonds. The summed E-state index contributed by atoms with van der Waals surface area (Å²) in [6, 6.07) is 0.356. The van der Waals surface area contributed by atoms with E-state index in [9.17, 15) is 0 Å². The SMILES string of the molecule is CNc1nc(OC(C)C(C)C)nc(N(C)C)n1. The summed E-state index contributed by atoms with van der Waals surface area (Å²) >= 11 is 0. The second-order valence-corrected chi connectivity index (χ2v) is 4.45. The van der Waals surface area contributed by atoms with Crippen LogP contribution < -0.4 is 15.0 Å². The Labute approximate surface area is 102 Å². The van der Waals surface area contributed by atoms with Crippen LogP contribution in [0.3, 0.4) is 0 Å². The van der Waals surface area contributed by atoms with Gasteiger partial charge in [-0.25, -0.2) is 0 Å². The molecule has 0 aliphatic heterocycles. The molecule has 6 heteroatoms. The van der Waals surface area contributed by atoms with Crippen molar-refractivity contribution in [2.45, 2.75) is 26.9 Å². The Morgan fingerprint density at radius 3 is 2.24 bits per heavy atom. The normalized spacial score (nSPS) is 12.4. The molecule has 0 fully saturated rings. The van der Waals surface area contributed by atoms with Crippen LogP contribution in [0.2, 0.25) is 0 Å². The second kappa shape index (κ2) is 5.65. The number of hydrogen-bond donors (Lipinski definition) is 1. The maximum absolute atomic E-state index is 5.68. The number of nitrogens with zero attached hydrogens (tertiary/aromatic N) is 4. The first kappa shape index (κ1) is 13.5. The van der Waals surface area contributed by atoms with Gasteiger partial charge in [0.25, 0.3) is 0 Å². The van der Waals surface area contributed by atoms with Gasteiger partial charge in [-0.2, -0.15) is 15.0 Å². The summed E-state index contributed by atoms with van der Waals surface area (Å²) in [6.07, 6.45) is 0.0668. The zero-order valence-electron chi connectivity index (χ0n) is 11.4. The number of ether oxygens (including phenoxy) is 1. The van der Waals surface area contributed by atoms with E-state index in [-0.39, 0.29) is 6.10 Å². The minimum absolute atomic E-state index is 0.0668. The molecule has 1 aromatic heterocycles. The van der Waals surface area contributed by atoms with E-state index >= 15 is 0 Å². The third-order valence-electron chi connectivity index (χ3n) is 2.46. The summed E-state index contributed by atoms with van der Waals surface area (Å²) in [5.41, 5.74) is 0. The minimum Gasteiger partial charge on any atom is -0.460 e. The van der Waals surface area contributed by atoms with E-state index < -0.39 is 0 Å². The number of rotatable bonds is 5. The van der Waals surface area contributed by atoms with Crippen molar-refractivity contribution in [1.82, 2.24) is 15.0 Å². The standard InChI is InChI=1S/C11H21N5O/c1-7(2)8(3)17-11-14-9(12-4)13-10(15-11)16(5)6/h7-8H,1-6H3,(H,12,13,14,15). The zero-order valence-corrected chi connectivity index (χ0v) is 11.4. The second-order valence-electron chi connectivity index (χ2n) is 4.45. The van der Waals surface area contributed by atoms with E-state index in [0.29, 0.717) is 23.8 Å². The van der Waals surface area contributed by atoms with Crippen molar-refractivity contribution >= 4 is 11.9 Å². The molecule has 1 unspecified atom stereocenters. The van der Waals surface area contributed by atoms with E-state index in [2.05, 4.69) is 34.1 Å². The van der Waals surface area contributed by atoms with Crippen molar-refractivity contribution in [3.05, 3.63) is 0 Å². The third kappa shape index (κ3) is 3.72. The molecule has 0 aliphatic rings. The van der Waals surface area contributed by atoms with Crippen LogP contribution in [0.25, 0.3) is 0 Å². The summed E-state index contributed by atoms with van der Waals surface area (Å²) in [4.78, 5) is 14.5. The number of nitrogens with one attached hydrogen (secondary N) is 1. The van der Waals surface area contributed by atoms with Gasteiger partial charge in [0.05, 0.1) is 0 Å². The summed E-state index contributed by atoms with van der Waals surface area (Å²) in [6.45, 7) is 6.19. The number of hydrogen-bond acceptors (Lipinski definition) is 6. The zero-order chi connectivity index (χ0) is 13.0. The molecule has 1 atom stereocenters. The molecular formula is C11H21N5O. The molecule has 96 valence electrons. The van der Waals surface area contributed by atoms with Gasteiger partial charge >= 0.3 is 6.01 Å². The summed E-state index contributed by atoms with van der Waals surface area (Å²) < 4.78 is 5.68. The smallest absolute Gasteiger partial charge is 0.323 e. The lowest BCUT2D eigenvalue weighted by molar-refractivity contribution is 0.156. The predicted molar refractivity (Wildman–Crippen MR) is 68.6 cm³/mol. The van der Waals surface area contributed by atoms with Crippen LogP contribution in [0.15, 0.2) is 0 Å². The lowest BCUT2D eigenvalue weighted by Crippen LogP contribution is -2.22. The van der Waals surface area contributed by atoms with Crippen molar-refractivity contribution in [2.75, 3.05) is 31.4 Å². The molecule has 1 N–H and O–H groups in total. The van der Waals surface area contributed by atoms with Gasteiger partial charge in [-0.3, -0.25) is 0 Å². The van der Waals surface area contributed by atoms with Crippen LogP contribution in [-0.4, -0.2) is 42.2 Å². The molecule has 0 spiro atoms. The minimum atomic E-state index is 0.0668. The molecule has 1 rings (SSSR count). The molecule has 6 nitrogen and oxygen atoms in total. The first-order valence-electron chi connectivity index (χ1n) is 5.71. The van der Waals surface area contributed by atoms with Gasteiger partial charge < -0.3 is 15.0 Å². The van der Waals surface area contributed by atoms with Crippen LogP contribution in [0, 0.1) is 5.92 Å². The molecule has 0 bridgehead atoms. The van der Waals surface area contributed by atoms with E-state index in [1.165, 1.54) is 0 Å². The lowest BCUT2D eigenvalue weighted by atomic mass is 10.1. The first-order valence-corrected chi connectivity index (χ1v) is 5.71. The molecular weight excluding hydrogens is 218 g/mol. The summed E-state index contributed by atoms with van der Waals surface area (Å²) in [5.74, 6) is 1.50. The maximum atomic E-state index is 5.68. The highest BCUT2D eigenvalue weighted by Gasteiger charge is 2.13. The highest BCUT2D eigenvalue weighted by atomic mass is 16.5. The summed E-state index contributed by atoms with van der Waals surface area (Å²) in [7, 11) is 5.53. The van der Waals surface area contributed by atoms with Gasteiger partial charge in [0, 0.05) is 21.1 Å². The van der Waals surface area contributed by atoms with Crippen molar-refractivity contribution in [3.63, 3.8) is 0 Å². The first-order chi connectivity index (χ1) is 7.93. The molecule has 0 saturated heterocycles. The van der Waals surface area contributed by atoms with E-state index in [0.717, 1.165) is 0 Å². The fourth-order valence-corrected chi connectivity index (χ4v) is 1.01. The van der Waals surface area contributed by atoms with Crippen molar-refractivity contribution in [1.29, 1.82) is 0 Å². The quantitative estimate of drug-likeness (QED) is 0.838. The molecule has 0 saturated carbocycles. The molecule has 1 aromatic rings. The highest BCUT2D eigenvalue weighted by molar-refractivity contribution is 5.36. The molecule has 17 heavy (non-hydrogen) atoms. The Balaban J connectivity index is 2.94. The largest absolute Gasteiger partial charge is 0.460 e. The molecule has 0 aromatic carbocycles. The van der Waals surface area contributed by atoms with Gasteiger partial charge in [0.2, 0.25) is 11.9 Å². The number of aromatic nitrogens is 3. The van der Waals surface area contributed by atoms with Crippen molar-refractivity contribution in [3.8, 4) is 6.01 Å². The topological polar surface area (TPSA) is 63.2 Å². The fraction of sp³-hybridized carbons (Fsp3) is 0.727. The Hall–Kier alpha value is -1.59. The maximum Gasteiger partial charge on any atom is 0.323 e. The van der Waals surface area contributed by atoms with E-state index in [4.69, 9.17) is 4.74 Å². The lowest BCUT2D eigenvalue weighted by Gasteiger charge is -2.18. The van der Waals surface area contributed by atoms with E-state index in [1.807, 2.05) is 25.9 Å². The molecule has 0 radical (unpaired) electrons. The molecule has 0 aliphatic carbocycles. The Kier molecular flexibility index (Phi) is 4.48.